The average Bonchev–Trinajstić information content (AvgIpc) is 2.27. The fraction of sp³-hybridized carbons (Fsp3) is 0.200. The van der Waals surface area contributed by atoms with Crippen LogP contribution in [0.25, 0.3) is 11.1 Å². The number of hydrogen-bond acceptors (Lipinski definition) is 1. The number of benzene rings is 2. The van der Waals surface area contributed by atoms with Gasteiger partial charge in [0.25, 0.3) is 0 Å². The van der Waals surface area contributed by atoms with Crippen LogP contribution >= 0.6 is 11.6 Å². The fourth-order valence-corrected chi connectivity index (χ4v) is 2.34. The monoisotopic (exact) mass is 245 g/mol. The van der Waals surface area contributed by atoms with Crippen LogP contribution in [0.5, 0.6) is 0 Å². The number of nitrogens with two attached hydrogens (primary N) is 1. The molecule has 2 aromatic rings. The lowest BCUT2D eigenvalue weighted by atomic mass is 9.96. The van der Waals surface area contributed by atoms with E-state index < -0.39 is 0 Å². The van der Waals surface area contributed by atoms with E-state index in [1.54, 1.807) is 0 Å². The first-order valence-corrected chi connectivity index (χ1v) is 6.05. The molecule has 0 fully saturated rings. The standard InChI is InChI=1S/C15H16ClN/c1-10-5-11(2)7-12(6-10)15-4-3-14(16)8-13(15)9-17/h3-8H,9,17H2,1-2H3. The minimum Gasteiger partial charge on any atom is -0.326 e. The van der Waals surface area contributed by atoms with Gasteiger partial charge < -0.3 is 5.73 Å². The van der Waals surface area contributed by atoms with Gasteiger partial charge in [0.15, 0.2) is 0 Å². The highest BCUT2D eigenvalue weighted by Crippen LogP contribution is 2.27. The number of hydrogen-bond donors (Lipinski definition) is 1. The molecular weight excluding hydrogens is 230 g/mol. The van der Waals surface area contributed by atoms with Crippen LogP contribution in [-0.2, 0) is 6.54 Å². The Morgan fingerprint density at radius 1 is 1.00 bits per heavy atom. The smallest absolute Gasteiger partial charge is 0.0409 e. The Hall–Kier alpha value is -1.31. The first-order valence-electron chi connectivity index (χ1n) is 5.67. The Bertz CT molecular complexity index is 526. The van der Waals surface area contributed by atoms with Crippen LogP contribution < -0.4 is 5.73 Å². The predicted octanol–water partition coefficient (Wildman–Crippen LogP) is 4.08. The maximum absolute atomic E-state index is 5.99. The zero-order chi connectivity index (χ0) is 12.4. The van der Waals surface area contributed by atoms with Crippen LogP contribution in [0.15, 0.2) is 36.4 Å². The summed E-state index contributed by atoms with van der Waals surface area (Å²) in [5.74, 6) is 0. The summed E-state index contributed by atoms with van der Waals surface area (Å²) >= 11 is 5.99. The molecule has 0 unspecified atom stereocenters. The van der Waals surface area contributed by atoms with E-state index in [0.29, 0.717) is 6.54 Å². The SMILES string of the molecule is Cc1cc(C)cc(-c2ccc(Cl)cc2CN)c1. The second-order valence-corrected chi connectivity index (χ2v) is 4.82. The predicted molar refractivity (Wildman–Crippen MR) is 74.3 cm³/mol. The van der Waals surface area contributed by atoms with Crippen LogP contribution in [-0.4, -0.2) is 0 Å². The van der Waals surface area contributed by atoms with Crippen LogP contribution in [0.1, 0.15) is 16.7 Å². The van der Waals surface area contributed by atoms with Crippen molar-refractivity contribution in [1.82, 2.24) is 0 Å². The van der Waals surface area contributed by atoms with E-state index in [4.69, 9.17) is 17.3 Å². The van der Waals surface area contributed by atoms with Crippen molar-refractivity contribution in [3.05, 3.63) is 58.1 Å². The zero-order valence-corrected chi connectivity index (χ0v) is 10.9. The number of aryl methyl sites for hydroxylation is 2. The van der Waals surface area contributed by atoms with E-state index >= 15 is 0 Å². The Kier molecular flexibility index (Phi) is 3.51. The molecule has 2 N–H and O–H groups in total. The van der Waals surface area contributed by atoms with E-state index in [-0.39, 0.29) is 0 Å². The molecule has 0 amide bonds. The third-order valence-electron chi connectivity index (χ3n) is 2.82. The van der Waals surface area contributed by atoms with Crippen LogP contribution in [0, 0.1) is 13.8 Å². The topological polar surface area (TPSA) is 26.0 Å². The molecule has 0 bridgehead atoms. The molecule has 17 heavy (non-hydrogen) atoms. The number of halogens is 1. The second kappa shape index (κ2) is 4.91. The summed E-state index contributed by atoms with van der Waals surface area (Å²) in [6.07, 6.45) is 0. The van der Waals surface area contributed by atoms with Gasteiger partial charge in [-0.2, -0.15) is 0 Å². The quantitative estimate of drug-likeness (QED) is 0.848. The molecule has 0 atom stereocenters. The van der Waals surface area contributed by atoms with Gasteiger partial charge in [0, 0.05) is 11.6 Å². The molecule has 1 nitrogen and oxygen atoms in total. The normalized spacial score (nSPS) is 10.6. The molecule has 2 heteroatoms. The third kappa shape index (κ3) is 2.68. The lowest BCUT2D eigenvalue weighted by Gasteiger charge is -2.10. The lowest BCUT2D eigenvalue weighted by molar-refractivity contribution is 1.07. The molecular formula is C15H16ClN. The van der Waals surface area contributed by atoms with Gasteiger partial charge in [-0.3, -0.25) is 0 Å². The summed E-state index contributed by atoms with van der Waals surface area (Å²) in [5, 5.41) is 0.735. The zero-order valence-electron chi connectivity index (χ0n) is 10.1. The van der Waals surface area contributed by atoms with E-state index in [2.05, 4.69) is 32.0 Å². The molecule has 2 rings (SSSR count). The van der Waals surface area contributed by atoms with Gasteiger partial charge in [-0.25, -0.2) is 0 Å². The molecule has 0 aliphatic heterocycles. The fourth-order valence-electron chi connectivity index (χ4n) is 2.14. The highest BCUT2D eigenvalue weighted by atomic mass is 35.5. The summed E-state index contributed by atoms with van der Waals surface area (Å²) in [7, 11) is 0. The molecule has 0 aliphatic rings. The molecule has 0 aromatic heterocycles. The molecule has 0 heterocycles. The highest BCUT2D eigenvalue weighted by Gasteiger charge is 2.05. The van der Waals surface area contributed by atoms with Crippen molar-refractivity contribution in [1.29, 1.82) is 0 Å². The van der Waals surface area contributed by atoms with Gasteiger partial charge in [0.05, 0.1) is 0 Å². The van der Waals surface area contributed by atoms with E-state index in [9.17, 15) is 0 Å². The average molecular weight is 246 g/mol. The maximum atomic E-state index is 5.99. The van der Waals surface area contributed by atoms with Gasteiger partial charge in [-0.1, -0.05) is 47.0 Å². The first kappa shape index (κ1) is 12.2. The van der Waals surface area contributed by atoms with E-state index in [0.717, 1.165) is 10.6 Å². The molecule has 0 saturated heterocycles. The first-order chi connectivity index (χ1) is 8.10. The van der Waals surface area contributed by atoms with Gasteiger partial charge in [-0.15, -0.1) is 0 Å². The third-order valence-corrected chi connectivity index (χ3v) is 3.05. The molecule has 0 saturated carbocycles. The molecule has 0 aliphatic carbocycles. The van der Waals surface area contributed by atoms with Crippen LogP contribution in [0.3, 0.4) is 0 Å². The summed E-state index contributed by atoms with van der Waals surface area (Å²) in [4.78, 5) is 0. The Morgan fingerprint density at radius 2 is 1.65 bits per heavy atom. The van der Waals surface area contributed by atoms with Crippen molar-refractivity contribution in [2.24, 2.45) is 5.73 Å². The molecule has 88 valence electrons. The molecule has 0 spiro atoms. The second-order valence-electron chi connectivity index (χ2n) is 4.38. The van der Waals surface area contributed by atoms with Crippen molar-refractivity contribution in [2.75, 3.05) is 0 Å². The Labute approximate surface area is 107 Å². The van der Waals surface area contributed by atoms with Crippen LogP contribution in [0.2, 0.25) is 5.02 Å². The Balaban J connectivity index is 2.59. The van der Waals surface area contributed by atoms with Crippen molar-refractivity contribution < 1.29 is 0 Å². The lowest BCUT2D eigenvalue weighted by Crippen LogP contribution is -1.99. The number of rotatable bonds is 2. The summed E-state index contributed by atoms with van der Waals surface area (Å²) in [6.45, 7) is 4.71. The largest absolute Gasteiger partial charge is 0.326 e. The van der Waals surface area contributed by atoms with Gasteiger partial charge >= 0.3 is 0 Å². The van der Waals surface area contributed by atoms with E-state index in [1.165, 1.54) is 22.3 Å². The summed E-state index contributed by atoms with van der Waals surface area (Å²) < 4.78 is 0. The van der Waals surface area contributed by atoms with E-state index in [1.807, 2.05) is 18.2 Å². The van der Waals surface area contributed by atoms with Crippen molar-refractivity contribution in [3.63, 3.8) is 0 Å². The van der Waals surface area contributed by atoms with Crippen molar-refractivity contribution in [3.8, 4) is 11.1 Å². The van der Waals surface area contributed by atoms with Crippen molar-refractivity contribution in [2.45, 2.75) is 20.4 Å². The summed E-state index contributed by atoms with van der Waals surface area (Å²) in [6, 6.07) is 12.4. The maximum Gasteiger partial charge on any atom is 0.0409 e. The molecule has 2 aromatic carbocycles. The molecule has 0 radical (unpaired) electrons. The van der Waals surface area contributed by atoms with Crippen molar-refractivity contribution >= 4 is 11.6 Å². The van der Waals surface area contributed by atoms with Gasteiger partial charge in [0.2, 0.25) is 0 Å². The van der Waals surface area contributed by atoms with Gasteiger partial charge in [0.1, 0.15) is 0 Å². The van der Waals surface area contributed by atoms with Crippen LogP contribution in [0.4, 0.5) is 0 Å². The Morgan fingerprint density at radius 3 is 2.24 bits per heavy atom. The summed E-state index contributed by atoms with van der Waals surface area (Å²) in [5.41, 5.74) is 11.8. The minimum absolute atomic E-state index is 0.503. The minimum atomic E-state index is 0.503. The highest BCUT2D eigenvalue weighted by molar-refractivity contribution is 6.30. The van der Waals surface area contributed by atoms with Gasteiger partial charge in [-0.05, 0) is 42.7 Å².